The van der Waals surface area contributed by atoms with E-state index in [2.05, 4.69) is 10.3 Å². The van der Waals surface area contributed by atoms with Crippen LogP contribution in [0.1, 0.15) is 18.3 Å². The number of nitrogens with one attached hydrogen (secondary N) is 1. The highest BCUT2D eigenvalue weighted by Crippen LogP contribution is 2.27. The van der Waals surface area contributed by atoms with Crippen LogP contribution in [-0.2, 0) is 11.8 Å². The predicted molar refractivity (Wildman–Crippen MR) is 107 cm³/mol. The number of benzene rings is 1. The Morgan fingerprint density at radius 3 is 2.58 bits per heavy atom. The second-order valence-corrected chi connectivity index (χ2v) is 8.39. The van der Waals surface area contributed by atoms with Gasteiger partial charge in [-0.3, -0.25) is 14.3 Å². The number of hydrogen-bond donors (Lipinski definition) is 1. The van der Waals surface area contributed by atoms with E-state index in [4.69, 9.17) is 0 Å². The van der Waals surface area contributed by atoms with Crippen molar-refractivity contribution < 1.29 is 4.79 Å². The number of anilines is 1. The summed E-state index contributed by atoms with van der Waals surface area (Å²) in [5.74, 6) is -0.214. The van der Waals surface area contributed by atoms with Crippen molar-refractivity contribution in [1.82, 2.24) is 14.3 Å². The highest BCUT2D eigenvalue weighted by Gasteiger charge is 2.22. The summed E-state index contributed by atoms with van der Waals surface area (Å²) in [6.07, 6.45) is 0. The molecule has 0 saturated carbocycles. The molecule has 1 atom stereocenters. The lowest BCUT2D eigenvalue weighted by atomic mass is 10.3. The van der Waals surface area contributed by atoms with Crippen LogP contribution in [0, 0.1) is 13.8 Å². The molecule has 0 fully saturated rings. The Bertz CT molecular complexity index is 989. The molecular formula is C18H20N4O2S2. The van der Waals surface area contributed by atoms with Crippen LogP contribution in [0.25, 0.3) is 5.69 Å². The van der Waals surface area contributed by atoms with Crippen molar-refractivity contribution in [3.63, 3.8) is 0 Å². The second kappa shape index (κ2) is 7.51. The van der Waals surface area contributed by atoms with E-state index in [1.54, 1.807) is 16.4 Å². The molecule has 0 aliphatic heterocycles. The number of aryl methyl sites for hydroxylation is 1. The quantitative estimate of drug-likeness (QED) is 0.681. The molecule has 0 spiro atoms. The van der Waals surface area contributed by atoms with Gasteiger partial charge in [0.2, 0.25) is 5.91 Å². The molecule has 1 N–H and O–H groups in total. The number of rotatable bonds is 5. The van der Waals surface area contributed by atoms with Gasteiger partial charge in [0, 0.05) is 18.1 Å². The molecule has 0 bridgehead atoms. The first-order valence-corrected chi connectivity index (χ1v) is 9.88. The predicted octanol–water partition coefficient (Wildman–Crippen LogP) is 3.37. The Morgan fingerprint density at radius 1 is 1.27 bits per heavy atom. The molecular weight excluding hydrogens is 368 g/mol. The molecule has 26 heavy (non-hydrogen) atoms. The third kappa shape index (κ3) is 3.61. The van der Waals surface area contributed by atoms with Crippen molar-refractivity contribution in [2.24, 2.45) is 7.05 Å². The lowest BCUT2D eigenvalue weighted by molar-refractivity contribution is -0.115. The molecule has 1 aromatic carbocycles. The number of carbonyl (C=O) groups excluding carboxylic acids is 1. The van der Waals surface area contributed by atoms with E-state index in [-0.39, 0.29) is 16.7 Å². The summed E-state index contributed by atoms with van der Waals surface area (Å²) in [4.78, 5) is 29.8. The van der Waals surface area contributed by atoms with Gasteiger partial charge in [0.25, 0.3) is 5.56 Å². The second-order valence-electron chi connectivity index (χ2n) is 5.94. The van der Waals surface area contributed by atoms with Crippen molar-refractivity contribution in [3.05, 3.63) is 57.5 Å². The molecule has 0 aliphatic carbocycles. The van der Waals surface area contributed by atoms with E-state index in [0.29, 0.717) is 11.4 Å². The molecule has 6 nitrogen and oxygen atoms in total. The van der Waals surface area contributed by atoms with Crippen LogP contribution < -0.4 is 10.9 Å². The average molecular weight is 389 g/mol. The number of thiazole rings is 1. The lowest BCUT2D eigenvalue weighted by Crippen LogP contribution is -2.27. The molecule has 0 radical (unpaired) electrons. The average Bonchev–Trinajstić information content (AvgIpc) is 3.12. The zero-order chi connectivity index (χ0) is 18.8. The Balaban J connectivity index is 1.84. The summed E-state index contributed by atoms with van der Waals surface area (Å²) < 4.78 is 4.14. The maximum Gasteiger partial charge on any atom is 0.295 e. The maximum absolute atomic E-state index is 12.8. The van der Waals surface area contributed by atoms with Gasteiger partial charge in [-0.1, -0.05) is 30.0 Å². The molecule has 3 aromatic rings. The number of nitrogens with zero attached hydrogens (tertiary/aromatic N) is 3. The normalized spacial score (nSPS) is 12.2. The number of hydrogen-bond acceptors (Lipinski definition) is 5. The van der Waals surface area contributed by atoms with E-state index >= 15 is 0 Å². The van der Waals surface area contributed by atoms with Gasteiger partial charge in [-0.25, -0.2) is 9.67 Å². The highest BCUT2D eigenvalue weighted by atomic mass is 32.2. The van der Waals surface area contributed by atoms with Crippen LogP contribution in [0.4, 0.5) is 5.69 Å². The summed E-state index contributed by atoms with van der Waals surface area (Å²) >= 11 is 2.90. The third-order valence-corrected chi connectivity index (χ3v) is 6.24. The summed E-state index contributed by atoms with van der Waals surface area (Å²) in [6, 6.07) is 9.35. The van der Waals surface area contributed by atoms with Gasteiger partial charge in [-0.2, -0.15) is 0 Å². The van der Waals surface area contributed by atoms with Gasteiger partial charge in [0.05, 0.1) is 16.6 Å². The van der Waals surface area contributed by atoms with Gasteiger partial charge < -0.3 is 5.32 Å². The third-order valence-electron chi connectivity index (χ3n) is 4.05. The Kier molecular flexibility index (Phi) is 5.33. The van der Waals surface area contributed by atoms with Crippen LogP contribution >= 0.6 is 23.1 Å². The largest absolute Gasteiger partial charge is 0.319 e. The SMILES string of the molecule is Cc1csc(SC(C)C(=O)Nc2c(C)n(C)n(-c3ccccc3)c2=O)n1. The van der Waals surface area contributed by atoms with Crippen LogP contribution in [0.5, 0.6) is 0 Å². The van der Waals surface area contributed by atoms with Crippen molar-refractivity contribution >= 4 is 34.7 Å². The Labute approximate surface area is 159 Å². The van der Waals surface area contributed by atoms with Gasteiger partial charge in [0.15, 0.2) is 4.34 Å². The van der Waals surface area contributed by atoms with E-state index in [0.717, 1.165) is 15.7 Å². The number of amides is 1. The molecule has 2 aromatic heterocycles. The minimum atomic E-state index is -0.357. The Morgan fingerprint density at radius 2 is 1.96 bits per heavy atom. The van der Waals surface area contributed by atoms with Crippen LogP contribution in [0.2, 0.25) is 0 Å². The van der Waals surface area contributed by atoms with E-state index in [1.165, 1.54) is 23.1 Å². The summed E-state index contributed by atoms with van der Waals surface area (Å²) in [7, 11) is 1.80. The first-order valence-electron chi connectivity index (χ1n) is 8.12. The minimum absolute atomic E-state index is 0.214. The number of para-hydroxylation sites is 1. The minimum Gasteiger partial charge on any atom is -0.319 e. The fraction of sp³-hybridized carbons (Fsp3) is 0.278. The standard InChI is InChI=1S/C18H20N4O2S2/c1-11-10-25-18(19-11)26-13(3)16(23)20-15-12(2)21(4)22(17(15)24)14-8-6-5-7-9-14/h5-10,13H,1-4H3,(H,20,23). The zero-order valence-corrected chi connectivity index (χ0v) is 16.6. The topological polar surface area (TPSA) is 68.9 Å². The monoisotopic (exact) mass is 388 g/mol. The summed E-state index contributed by atoms with van der Waals surface area (Å²) in [5, 5.41) is 4.39. The van der Waals surface area contributed by atoms with Crippen LogP contribution in [-0.4, -0.2) is 25.5 Å². The molecule has 3 rings (SSSR count). The van der Waals surface area contributed by atoms with Gasteiger partial charge in [-0.05, 0) is 32.9 Å². The molecule has 2 heterocycles. The van der Waals surface area contributed by atoms with Gasteiger partial charge >= 0.3 is 0 Å². The van der Waals surface area contributed by atoms with E-state index in [1.807, 2.05) is 56.5 Å². The molecule has 1 amide bonds. The summed E-state index contributed by atoms with van der Waals surface area (Å²) in [5.41, 5.74) is 2.46. The van der Waals surface area contributed by atoms with E-state index < -0.39 is 0 Å². The van der Waals surface area contributed by atoms with Crippen molar-refractivity contribution in [2.45, 2.75) is 30.4 Å². The van der Waals surface area contributed by atoms with Crippen molar-refractivity contribution in [2.75, 3.05) is 5.32 Å². The maximum atomic E-state index is 12.8. The molecule has 136 valence electrons. The molecule has 8 heteroatoms. The molecule has 0 aliphatic rings. The van der Waals surface area contributed by atoms with Crippen molar-refractivity contribution in [1.29, 1.82) is 0 Å². The van der Waals surface area contributed by atoms with Gasteiger partial charge in [0.1, 0.15) is 5.69 Å². The molecule has 1 unspecified atom stereocenters. The summed E-state index contributed by atoms with van der Waals surface area (Å²) in [6.45, 7) is 5.55. The highest BCUT2D eigenvalue weighted by molar-refractivity contribution is 8.02. The Hall–Kier alpha value is -2.32. The number of aromatic nitrogens is 3. The van der Waals surface area contributed by atoms with Gasteiger partial charge in [-0.15, -0.1) is 11.3 Å². The number of carbonyl (C=O) groups is 1. The first kappa shape index (κ1) is 18.5. The molecule has 0 saturated heterocycles. The fourth-order valence-electron chi connectivity index (χ4n) is 2.53. The van der Waals surface area contributed by atoms with E-state index in [9.17, 15) is 9.59 Å². The number of thioether (sulfide) groups is 1. The van der Waals surface area contributed by atoms with Crippen molar-refractivity contribution in [3.8, 4) is 5.69 Å². The zero-order valence-electron chi connectivity index (χ0n) is 15.0. The van der Waals surface area contributed by atoms with Crippen LogP contribution in [0.15, 0.2) is 44.8 Å². The lowest BCUT2D eigenvalue weighted by Gasteiger charge is -2.09. The fourth-order valence-corrected chi connectivity index (χ4v) is 4.51. The smallest absolute Gasteiger partial charge is 0.295 e. The first-order chi connectivity index (χ1) is 12.4. The van der Waals surface area contributed by atoms with Crippen LogP contribution in [0.3, 0.4) is 0 Å².